The second kappa shape index (κ2) is 9.44. The van der Waals surface area contributed by atoms with Crippen LogP contribution in [0.25, 0.3) is 0 Å². The lowest BCUT2D eigenvalue weighted by atomic mass is 9.64. The molecule has 1 aliphatic heterocycles. The predicted molar refractivity (Wildman–Crippen MR) is 149 cm³/mol. The van der Waals surface area contributed by atoms with Gasteiger partial charge in [-0.05, 0) is 71.9 Å². The number of methoxy groups -OCH3 is 1. The molecule has 1 N–H and O–H groups in total. The monoisotopic (exact) mass is 513 g/mol. The van der Waals surface area contributed by atoms with Crippen LogP contribution in [0.5, 0.6) is 11.5 Å². The average Bonchev–Trinajstić information content (AvgIpc) is 2.81. The normalized spacial score (nSPS) is 20.6. The summed E-state index contributed by atoms with van der Waals surface area (Å²) in [7, 11) is 1.63. The number of carbonyl (C=O) groups is 2. The zero-order valence-corrected chi connectivity index (χ0v) is 23.7. The number of dihydropyridines is 1. The SMILES string of the molecule is COc1cc(C2C3=C(CC(C)(C)CC3=O)NC3=C2C(=O)CC(C)(C)C3)ccc1OCc1ccc(C)c(C)c1. The fourth-order valence-corrected chi connectivity index (χ4v) is 6.26. The quantitative estimate of drug-likeness (QED) is 0.473. The Morgan fingerprint density at radius 3 is 1.95 bits per heavy atom. The van der Waals surface area contributed by atoms with E-state index in [1.54, 1.807) is 7.11 Å². The van der Waals surface area contributed by atoms with Gasteiger partial charge in [0.2, 0.25) is 0 Å². The van der Waals surface area contributed by atoms with Gasteiger partial charge < -0.3 is 14.8 Å². The van der Waals surface area contributed by atoms with Crippen molar-refractivity contribution in [2.24, 2.45) is 10.8 Å². The van der Waals surface area contributed by atoms with Crippen molar-refractivity contribution in [1.82, 2.24) is 5.32 Å². The smallest absolute Gasteiger partial charge is 0.162 e. The van der Waals surface area contributed by atoms with Gasteiger partial charge in [0.25, 0.3) is 0 Å². The van der Waals surface area contributed by atoms with Crippen LogP contribution < -0.4 is 14.8 Å². The first-order chi connectivity index (χ1) is 17.9. The molecule has 0 saturated heterocycles. The summed E-state index contributed by atoms with van der Waals surface area (Å²) in [4.78, 5) is 27.2. The van der Waals surface area contributed by atoms with Crippen molar-refractivity contribution in [3.8, 4) is 11.5 Å². The van der Waals surface area contributed by atoms with Gasteiger partial charge in [-0.25, -0.2) is 0 Å². The predicted octanol–water partition coefficient (Wildman–Crippen LogP) is 6.86. The van der Waals surface area contributed by atoms with E-state index in [1.807, 2.05) is 18.2 Å². The Hall–Kier alpha value is -3.34. The summed E-state index contributed by atoms with van der Waals surface area (Å²) in [6.07, 6.45) is 2.51. The summed E-state index contributed by atoms with van der Waals surface area (Å²) in [6, 6.07) is 12.2. The standard InChI is InChI=1S/C33H39NO4/c1-19-8-9-21(12-20(19)2)18-38-27-11-10-22(13-28(27)37-7)29-30-23(14-32(3,4)16-25(30)35)34-24-15-33(5,6)17-26(36)31(24)29/h8-13,29,34H,14-18H2,1-7H3. The number of hydrogen-bond acceptors (Lipinski definition) is 5. The van der Waals surface area contributed by atoms with Gasteiger partial charge in [-0.15, -0.1) is 0 Å². The van der Waals surface area contributed by atoms with Gasteiger partial charge in [-0.2, -0.15) is 0 Å². The van der Waals surface area contributed by atoms with Crippen LogP contribution in [0.3, 0.4) is 0 Å². The Balaban J connectivity index is 1.54. The Morgan fingerprint density at radius 2 is 1.39 bits per heavy atom. The summed E-state index contributed by atoms with van der Waals surface area (Å²) in [6.45, 7) is 13.2. The summed E-state index contributed by atoms with van der Waals surface area (Å²) >= 11 is 0. The van der Waals surface area contributed by atoms with Crippen molar-refractivity contribution in [1.29, 1.82) is 0 Å². The van der Waals surface area contributed by atoms with E-state index in [0.717, 1.165) is 46.5 Å². The molecule has 0 spiro atoms. The molecule has 0 unspecified atom stereocenters. The van der Waals surface area contributed by atoms with Crippen molar-refractivity contribution >= 4 is 11.6 Å². The molecule has 2 aromatic carbocycles. The zero-order chi connectivity index (χ0) is 27.4. The molecule has 38 heavy (non-hydrogen) atoms. The van der Waals surface area contributed by atoms with Gasteiger partial charge in [0, 0.05) is 41.3 Å². The molecule has 200 valence electrons. The van der Waals surface area contributed by atoms with Crippen LogP contribution in [-0.2, 0) is 16.2 Å². The lowest BCUT2D eigenvalue weighted by Gasteiger charge is -2.44. The van der Waals surface area contributed by atoms with Crippen molar-refractivity contribution in [3.05, 3.63) is 81.2 Å². The summed E-state index contributed by atoms with van der Waals surface area (Å²) < 4.78 is 11.9. The molecule has 0 fully saturated rings. The molecular weight excluding hydrogens is 474 g/mol. The van der Waals surface area contributed by atoms with Crippen molar-refractivity contribution in [2.45, 2.75) is 79.8 Å². The molecule has 5 heteroatoms. The second-order valence-electron chi connectivity index (χ2n) is 12.8. The average molecular weight is 514 g/mol. The van der Waals surface area contributed by atoms with Crippen molar-refractivity contribution in [3.63, 3.8) is 0 Å². The number of hydrogen-bond donors (Lipinski definition) is 1. The fraction of sp³-hybridized carbons (Fsp3) is 0.455. The number of benzene rings is 2. The second-order valence-corrected chi connectivity index (χ2v) is 12.8. The molecule has 0 atom stereocenters. The maximum atomic E-state index is 13.6. The number of Topliss-reactive ketones (excluding diaryl/α,β-unsaturated/α-hetero) is 2. The van der Waals surface area contributed by atoms with Gasteiger partial charge in [-0.1, -0.05) is 52.0 Å². The molecule has 3 aliphatic rings. The number of allylic oxidation sites excluding steroid dienone is 4. The maximum absolute atomic E-state index is 13.6. The van der Waals surface area contributed by atoms with E-state index in [1.165, 1.54) is 11.1 Å². The summed E-state index contributed by atoms with van der Waals surface area (Å²) in [5.41, 5.74) is 7.63. The zero-order valence-electron chi connectivity index (χ0n) is 23.7. The van der Waals surface area contributed by atoms with E-state index in [0.29, 0.717) is 30.9 Å². The molecule has 5 rings (SSSR count). The van der Waals surface area contributed by atoms with E-state index in [2.05, 4.69) is 65.1 Å². The number of carbonyl (C=O) groups excluding carboxylic acids is 2. The third-order valence-electron chi connectivity index (χ3n) is 8.21. The molecular formula is C33H39NO4. The third-order valence-corrected chi connectivity index (χ3v) is 8.21. The molecule has 1 heterocycles. The van der Waals surface area contributed by atoms with Crippen LogP contribution in [-0.4, -0.2) is 18.7 Å². The number of ketones is 2. The van der Waals surface area contributed by atoms with Crippen LogP contribution in [0.1, 0.15) is 81.5 Å². The summed E-state index contributed by atoms with van der Waals surface area (Å²) in [5.74, 6) is 1.08. The van der Waals surface area contributed by atoms with E-state index in [9.17, 15) is 9.59 Å². The highest BCUT2D eigenvalue weighted by Crippen LogP contribution is 2.51. The highest BCUT2D eigenvalue weighted by Gasteiger charge is 2.46. The number of nitrogens with one attached hydrogen (secondary N) is 1. The Labute approximate surface area is 226 Å². The maximum Gasteiger partial charge on any atom is 0.162 e. The molecule has 0 aromatic heterocycles. The van der Waals surface area contributed by atoms with E-state index in [-0.39, 0.29) is 22.4 Å². The topological polar surface area (TPSA) is 64.6 Å². The van der Waals surface area contributed by atoms with E-state index in [4.69, 9.17) is 9.47 Å². The van der Waals surface area contributed by atoms with Crippen LogP contribution in [0.2, 0.25) is 0 Å². The van der Waals surface area contributed by atoms with Gasteiger partial charge in [-0.3, -0.25) is 9.59 Å². The first-order valence-corrected chi connectivity index (χ1v) is 13.5. The lowest BCUT2D eigenvalue weighted by Crippen LogP contribution is -2.42. The number of aryl methyl sites for hydroxylation is 2. The highest BCUT2D eigenvalue weighted by atomic mass is 16.5. The summed E-state index contributed by atoms with van der Waals surface area (Å²) in [5, 5.41) is 3.58. The molecule has 2 aliphatic carbocycles. The van der Waals surface area contributed by atoms with Crippen LogP contribution in [0.15, 0.2) is 58.9 Å². The molecule has 5 nitrogen and oxygen atoms in total. The molecule has 0 saturated carbocycles. The minimum Gasteiger partial charge on any atom is -0.493 e. The number of rotatable bonds is 5. The van der Waals surface area contributed by atoms with Gasteiger partial charge >= 0.3 is 0 Å². The van der Waals surface area contributed by atoms with Gasteiger partial charge in [0.1, 0.15) is 6.61 Å². The molecule has 0 radical (unpaired) electrons. The van der Waals surface area contributed by atoms with Gasteiger partial charge in [0.15, 0.2) is 23.1 Å². The van der Waals surface area contributed by atoms with E-state index >= 15 is 0 Å². The fourth-order valence-electron chi connectivity index (χ4n) is 6.26. The lowest BCUT2D eigenvalue weighted by molar-refractivity contribution is -0.119. The van der Waals surface area contributed by atoms with E-state index < -0.39 is 5.92 Å². The highest BCUT2D eigenvalue weighted by molar-refractivity contribution is 6.06. The van der Waals surface area contributed by atoms with Crippen LogP contribution in [0.4, 0.5) is 0 Å². The minimum atomic E-state index is -0.392. The Morgan fingerprint density at radius 1 is 0.789 bits per heavy atom. The first kappa shape index (κ1) is 26.3. The van der Waals surface area contributed by atoms with Gasteiger partial charge in [0.05, 0.1) is 7.11 Å². The van der Waals surface area contributed by atoms with Crippen molar-refractivity contribution < 1.29 is 19.1 Å². The molecule has 2 aromatic rings. The Bertz CT molecular complexity index is 1340. The number of ether oxygens (including phenoxy) is 2. The molecule has 0 bridgehead atoms. The first-order valence-electron chi connectivity index (χ1n) is 13.5. The Kier molecular flexibility index (Phi) is 6.53. The minimum absolute atomic E-state index is 0.118. The molecule has 0 amide bonds. The van der Waals surface area contributed by atoms with Crippen LogP contribution in [0, 0.1) is 24.7 Å². The third kappa shape index (κ3) is 4.91. The van der Waals surface area contributed by atoms with Crippen molar-refractivity contribution in [2.75, 3.05) is 7.11 Å². The van der Waals surface area contributed by atoms with Crippen LogP contribution >= 0.6 is 0 Å². The largest absolute Gasteiger partial charge is 0.493 e.